The second kappa shape index (κ2) is 6.30. The zero-order chi connectivity index (χ0) is 19.3. The smallest absolute Gasteiger partial charge is 0.269 e. The zero-order valence-electron chi connectivity index (χ0n) is 15.1. The maximum atomic E-state index is 13.0. The topological polar surface area (TPSA) is 72.2 Å². The molecule has 0 aromatic heterocycles. The third kappa shape index (κ3) is 2.51. The summed E-state index contributed by atoms with van der Waals surface area (Å²) in [5, 5.41) is 17.0. The van der Waals surface area contributed by atoms with Gasteiger partial charge in [0.15, 0.2) is 5.78 Å². The molecule has 5 rings (SSSR count). The monoisotopic (exact) mass is 370 g/mol. The van der Waals surface area contributed by atoms with Crippen molar-refractivity contribution in [1.82, 2.24) is 0 Å². The van der Waals surface area contributed by atoms with Crippen LogP contribution in [0.1, 0.15) is 36.4 Å². The highest BCUT2D eigenvalue weighted by atomic mass is 16.6. The van der Waals surface area contributed by atoms with Crippen LogP contribution in [0.5, 0.6) is 0 Å². The molecule has 0 fully saturated rings. The molecular weight excluding hydrogens is 352 g/mol. The highest BCUT2D eigenvalue weighted by molar-refractivity contribution is 6.27. The molecule has 0 amide bonds. The maximum Gasteiger partial charge on any atom is 0.269 e. The van der Waals surface area contributed by atoms with Gasteiger partial charge in [0.1, 0.15) is 0 Å². The first kappa shape index (κ1) is 16.7. The van der Waals surface area contributed by atoms with Crippen molar-refractivity contribution in [1.29, 1.82) is 0 Å². The first-order chi connectivity index (χ1) is 13.6. The van der Waals surface area contributed by atoms with E-state index in [-0.39, 0.29) is 22.4 Å². The normalized spacial score (nSPS) is 18.4. The molecule has 1 atom stereocenters. The zero-order valence-corrected chi connectivity index (χ0v) is 15.1. The van der Waals surface area contributed by atoms with Crippen LogP contribution in [0.15, 0.2) is 66.2 Å². The molecule has 5 heteroatoms. The first-order valence-electron chi connectivity index (χ1n) is 9.43. The molecular formula is C23H18N2O3. The van der Waals surface area contributed by atoms with Gasteiger partial charge in [-0.2, -0.15) is 0 Å². The van der Waals surface area contributed by atoms with Crippen LogP contribution in [0.2, 0.25) is 0 Å². The second-order valence-corrected chi connectivity index (χ2v) is 7.32. The third-order valence-electron chi connectivity index (χ3n) is 5.69. The van der Waals surface area contributed by atoms with Gasteiger partial charge in [-0.05, 0) is 40.8 Å². The minimum absolute atomic E-state index is 0.0629. The Morgan fingerprint density at radius 1 is 1.00 bits per heavy atom. The molecule has 1 aliphatic carbocycles. The second-order valence-electron chi connectivity index (χ2n) is 7.32. The van der Waals surface area contributed by atoms with Crippen LogP contribution in [0.25, 0.3) is 16.3 Å². The summed E-state index contributed by atoms with van der Waals surface area (Å²) in [6, 6.07) is 18.6. The van der Waals surface area contributed by atoms with Crippen molar-refractivity contribution in [3.63, 3.8) is 0 Å². The third-order valence-corrected chi connectivity index (χ3v) is 5.69. The molecule has 0 bridgehead atoms. The van der Waals surface area contributed by atoms with Crippen LogP contribution < -0.4 is 5.32 Å². The summed E-state index contributed by atoms with van der Waals surface area (Å²) >= 11 is 0. The molecule has 0 saturated carbocycles. The lowest BCUT2D eigenvalue weighted by Gasteiger charge is -2.35. The van der Waals surface area contributed by atoms with Gasteiger partial charge in [-0.15, -0.1) is 0 Å². The molecule has 5 nitrogen and oxygen atoms in total. The van der Waals surface area contributed by atoms with E-state index >= 15 is 0 Å². The number of nitro benzene ring substituents is 1. The van der Waals surface area contributed by atoms with Crippen LogP contribution in [0, 0.1) is 10.1 Å². The number of Topliss-reactive ketones (excluding diaryl/α,β-unsaturated/α-hetero) is 1. The van der Waals surface area contributed by atoms with Crippen LogP contribution in [0.3, 0.4) is 0 Å². The summed E-state index contributed by atoms with van der Waals surface area (Å²) < 4.78 is 0. The number of carbonyl (C=O) groups is 1. The molecule has 3 aromatic carbocycles. The fraction of sp³-hybridized carbons (Fsp3) is 0.174. The number of hydrogen-bond acceptors (Lipinski definition) is 4. The molecule has 28 heavy (non-hydrogen) atoms. The number of carbonyl (C=O) groups excluding carboxylic acids is 1. The average Bonchev–Trinajstić information content (AvgIpc) is 2.73. The molecule has 0 radical (unpaired) electrons. The van der Waals surface area contributed by atoms with E-state index in [1.807, 2.05) is 30.3 Å². The van der Waals surface area contributed by atoms with Gasteiger partial charge >= 0.3 is 0 Å². The van der Waals surface area contributed by atoms with E-state index in [0.29, 0.717) is 6.42 Å². The maximum absolute atomic E-state index is 13.0. The van der Waals surface area contributed by atoms with Gasteiger partial charge < -0.3 is 5.32 Å². The predicted octanol–water partition coefficient (Wildman–Crippen LogP) is 5.42. The van der Waals surface area contributed by atoms with Crippen LogP contribution in [0.4, 0.5) is 11.4 Å². The van der Waals surface area contributed by atoms with Crippen molar-refractivity contribution in [2.24, 2.45) is 0 Å². The van der Waals surface area contributed by atoms with Crippen LogP contribution in [-0.2, 0) is 4.79 Å². The molecule has 138 valence electrons. The van der Waals surface area contributed by atoms with Crippen LogP contribution in [-0.4, -0.2) is 10.7 Å². The fourth-order valence-electron chi connectivity index (χ4n) is 4.46. The number of fused-ring (bicyclic) bond motifs is 4. The number of non-ortho nitro benzene ring substituents is 1. The summed E-state index contributed by atoms with van der Waals surface area (Å²) in [5.41, 5.74) is 4.60. The highest BCUT2D eigenvalue weighted by Gasteiger charge is 2.34. The summed E-state index contributed by atoms with van der Waals surface area (Å²) in [7, 11) is 0. The molecule has 0 saturated heterocycles. The van der Waals surface area contributed by atoms with Gasteiger partial charge in [-0.25, -0.2) is 0 Å². The Bertz CT molecular complexity index is 1180. The predicted molar refractivity (Wildman–Crippen MR) is 109 cm³/mol. The lowest BCUT2D eigenvalue weighted by atomic mass is 9.77. The summed E-state index contributed by atoms with van der Waals surface area (Å²) in [6.45, 7) is 0. The summed E-state index contributed by atoms with van der Waals surface area (Å²) in [5.74, 6) is 0.163. The van der Waals surface area contributed by atoms with Gasteiger partial charge in [0.2, 0.25) is 0 Å². The number of nitrogens with one attached hydrogen (secondary N) is 1. The van der Waals surface area contributed by atoms with Gasteiger partial charge in [-0.3, -0.25) is 14.9 Å². The van der Waals surface area contributed by atoms with E-state index in [1.165, 1.54) is 6.07 Å². The largest absolute Gasteiger partial charge is 0.374 e. The average molecular weight is 370 g/mol. The quantitative estimate of drug-likeness (QED) is 0.483. The van der Waals surface area contributed by atoms with Crippen molar-refractivity contribution >= 4 is 33.5 Å². The van der Waals surface area contributed by atoms with Crippen molar-refractivity contribution < 1.29 is 9.72 Å². The van der Waals surface area contributed by atoms with E-state index < -0.39 is 0 Å². The molecule has 1 heterocycles. The number of anilines is 1. The lowest BCUT2D eigenvalue weighted by Crippen LogP contribution is -2.25. The van der Waals surface area contributed by atoms with Crippen molar-refractivity contribution in [3.05, 3.63) is 87.5 Å². The van der Waals surface area contributed by atoms with E-state index in [2.05, 4.69) is 17.4 Å². The number of nitro groups is 1. The Hall–Kier alpha value is -3.47. The van der Waals surface area contributed by atoms with E-state index in [4.69, 9.17) is 0 Å². The van der Waals surface area contributed by atoms with E-state index in [0.717, 1.165) is 51.6 Å². The van der Waals surface area contributed by atoms with Crippen molar-refractivity contribution in [3.8, 4) is 0 Å². The molecule has 0 unspecified atom stereocenters. The highest BCUT2D eigenvalue weighted by Crippen LogP contribution is 2.48. The van der Waals surface area contributed by atoms with E-state index in [1.54, 1.807) is 12.1 Å². The standard InChI is InChI=1S/C23H18N2O3/c26-20-10-4-9-18-22(20)21-17-8-2-1-5-14(17)11-12-19(21)24-23(18)15-6-3-7-16(13-15)25(27)28/h1-3,5-8,11-13,23-24H,4,9-10H2/t23-/m0/s1. The van der Waals surface area contributed by atoms with E-state index in [9.17, 15) is 14.9 Å². The van der Waals surface area contributed by atoms with Crippen molar-refractivity contribution in [2.45, 2.75) is 25.3 Å². The molecule has 0 spiro atoms. The molecule has 1 aliphatic heterocycles. The van der Waals surface area contributed by atoms with Crippen LogP contribution >= 0.6 is 0 Å². The fourth-order valence-corrected chi connectivity index (χ4v) is 4.46. The number of benzene rings is 3. The Morgan fingerprint density at radius 2 is 1.86 bits per heavy atom. The molecule has 2 aliphatic rings. The molecule has 3 aromatic rings. The number of allylic oxidation sites excluding steroid dienone is 1. The number of rotatable bonds is 2. The SMILES string of the molecule is O=C1CCCC2=C1c1c(ccc3ccccc13)N[C@H]2c1cccc([N+](=O)[O-])c1. The minimum Gasteiger partial charge on any atom is -0.374 e. The Labute approximate surface area is 161 Å². The Kier molecular flexibility index (Phi) is 3.76. The summed E-state index contributed by atoms with van der Waals surface area (Å²) in [6.07, 6.45) is 2.16. The van der Waals surface area contributed by atoms with Gasteiger partial charge in [0, 0.05) is 35.4 Å². The lowest BCUT2D eigenvalue weighted by molar-refractivity contribution is -0.384. The van der Waals surface area contributed by atoms with Gasteiger partial charge in [0.25, 0.3) is 5.69 Å². The minimum atomic E-state index is -0.380. The Morgan fingerprint density at radius 3 is 2.71 bits per heavy atom. The molecule has 1 N–H and O–H groups in total. The number of ketones is 1. The summed E-state index contributed by atoms with van der Waals surface area (Å²) in [4.78, 5) is 23.8. The Balaban J connectivity index is 1.76. The number of hydrogen-bond donors (Lipinski definition) is 1. The first-order valence-corrected chi connectivity index (χ1v) is 9.43. The van der Waals surface area contributed by atoms with Crippen molar-refractivity contribution in [2.75, 3.05) is 5.32 Å². The van der Waals surface area contributed by atoms with Gasteiger partial charge in [-0.1, -0.05) is 42.5 Å². The number of nitrogens with zero attached hydrogens (tertiary/aromatic N) is 1. The van der Waals surface area contributed by atoms with Gasteiger partial charge in [0.05, 0.1) is 11.0 Å².